The summed E-state index contributed by atoms with van der Waals surface area (Å²) in [6.45, 7) is 1.46. The molecule has 0 amide bonds. The molecular formula is C24H16Cl2F4N2O. The van der Waals surface area contributed by atoms with E-state index in [0.717, 1.165) is 16.3 Å². The lowest BCUT2D eigenvalue weighted by molar-refractivity contribution is -0.141. The van der Waals surface area contributed by atoms with E-state index in [-0.39, 0.29) is 33.9 Å². The summed E-state index contributed by atoms with van der Waals surface area (Å²) in [5.41, 5.74) is 1.18. The number of rotatable bonds is 5. The third-order valence-corrected chi connectivity index (χ3v) is 5.58. The van der Waals surface area contributed by atoms with Crippen molar-refractivity contribution in [2.24, 2.45) is 0 Å². The summed E-state index contributed by atoms with van der Waals surface area (Å²) < 4.78 is 60.5. The Morgan fingerprint density at radius 1 is 0.909 bits per heavy atom. The minimum absolute atomic E-state index is 0.113. The van der Waals surface area contributed by atoms with Crippen LogP contribution in [0, 0.1) is 12.7 Å². The Morgan fingerprint density at radius 2 is 1.55 bits per heavy atom. The summed E-state index contributed by atoms with van der Waals surface area (Å²) in [6.07, 6.45) is -4.65. The third-order valence-electron chi connectivity index (χ3n) is 4.97. The number of ether oxygens (including phenoxy) is 1. The molecule has 0 spiro atoms. The van der Waals surface area contributed by atoms with Crippen molar-refractivity contribution in [2.45, 2.75) is 19.7 Å². The van der Waals surface area contributed by atoms with Crippen molar-refractivity contribution < 1.29 is 22.3 Å². The molecule has 0 bridgehead atoms. The summed E-state index contributed by atoms with van der Waals surface area (Å²) in [6, 6.07) is 17.2. The highest BCUT2D eigenvalue weighted by Gasteiger charge is 2.35. The van der Waals surface area contributed by atoms with Crippen LogP contribution in [0.1, 0.15) is 17.0 Å². The van der Waals surface area contributed by atoms with E-state index in [4.69, 9.17) is 27.9 Å². The van der Waals surface area contributed by atoms with Gasteiger partial charge in [0.2, 0.25) is 0 Å². The van der Waals surface area contributed by atoms with Gasteiger partial charge in [0.1, 0.15) is 23.9 Å². The van der Waals surface area contributed by atoms with Crippen LogP contribution in [0.3, 0.4) is 0 Å². The monoisotopic (exact) mass is 494 g/mol. The molecule has 0 radical (unpaired) electrons. The Bertz CT molecular complexity index is 1280. The molecule has 4 aromatic rings. The number of aryl methyl sites for hydroxylation is 1. The largest absolute Gasteiger partial charge is 0.487 e. The van der Waals surface area contributed by atoms with E-state index in [1.165, 1.54) is 18.2 Å². The Hall–Kier alpha value is -3.03. The van der Waals surface area contributed by atoms with Crippen molar-refractivity contribution >= 4 is 23.2 Å². The first-order valence-electron chi connectivity index (χ1n) is 9.73. The van der Waals surface area contributed by atoms with Gasteiger partial charge in [-0.25, -0.2) is 9.07 Å². The molecule has 0 atom stereocenters. The second-order valence-electron chi connectivity index (χ2n) is 7.28. The SMILES string of the molecule is Cc1ccc(-c2ccc(OCc3cc(C(F)(F)F)nn3-c3c(Cl)cccc3Cl)cc2)cc1F. The first kappa shape index (κ1) is 23.1. The number of aromatic nitrogens is 2. The second-order valence-corrected chi connectivity index (χ2v) is 8.09. The summed E-state index contributed by atoms with van der Waals surface area (Å²) in [5, 5.41) is 3.96. The molecule has 4 rings (SSSR count). The maximum Gasteiger partial charge on any atom is 0.435 e. The first-order chi connectivity index (χ1) is 15.6. The van der Waals surface area contributed by atoms with Crippen molar-refractivity contribution in [1.29, 1.82) is 0 Å². The van der Waals surface area contributed by atoms with Crippen LogP contribution in [-0.4, -0.2) is 9.78 Å². The zero-order chi connectivity index (χ0) is 23.8. The third kappa shape index (κ3) is 4.99. The quantitative estimate of drug-likeness (QED) is 0.263. The highest BCUT2D eigenvalue weighted by molar-refractivity contribution is 6.37. The van der Waals surface area contributed by atoms with Gasteiger partial charge in [-0.3, -0.25) is 0 Å². The van der Waals surface area contributed by atoms with Crippen LogP contribution in [0.2, 0.25) is 10.0 Å². The maximum atomic E-state index is 13.8. The standard InChI is InChI=1S/C24H16Cl2F4N2O/c1-14-5-6-16(11-21(14)27)15-7-9-18(10-8-15)33-13-17-12-22(24(28,29)30)31-32(17)23-19(25)3-2-4-20(23)26/h2-12H,13H2,1H3. The van der Waals surface area contributed by atoms with E-state index in [9.17, 15) is 17.6 Å². The average Bonchev–Trinajstić information content (AvgIpc) is 3.19. The smallest absolute Gasteiger partial charge is 0.435 e. The van der Waals surface area contributed by atoms with Gasteiger partial charge in [0, 0.05) is 0 Å². The number of hydrogen-bond donors (Lipinski definition) is 0. The molecule has 0 aliphatic heterocycles. The lowest BCUT2D eigenvalue weighted by Gasteiger charge is -2.12. The summed E-state index contributed by atoms with van der Waals surface area (Å²) in [4.78, 5) is 0. The number of benzene rings is 3. The number of hydrogen-bond acceptors (Lipinski definition) is 2. The minimum atomic E-state index is -4.65. The van der Waals surface area contributed by atoms with Crippen molar-refractivity contribution in [1.82, 2.24) is 9.78 Å². The van der Waals surface area contributed by atoms with E-state index in [0.29, 0.717) is 16.9 Å². The van der Waals surface area contributed by atoms with Gasteiger partial charge in [0.15, 0.2) is 5.69 Å². The predicted molar refractivity (Wildman–Crippen MR) is 119 cm³/mol. The summed E-state index contributed by atoms with van der Waals surface area (Å²) in [5.74, 6) is 0.109. The maximum absolute atomic E-state index is 13.8. The van der Waals surface area contributed by atoms with Gasteiger partial charge in [-0.2, -0.15) is 18.3 Å². The molecule has 1 heterocycles. The highest BCUT2D eigenvalue weighted by Crippen LogP contribution is 2.34. The van der Waals surface area contributed by atoms with Crippen LogP contribution in [0.15, 0.2) is 66.7 Å². The molecule has 0 saturated carbocycles. The Balaban J connectivity index is 1.60. The zero-order valence-corrected chi connectivity index (χ0v) is 18.6. The first-order valence-corrected chi connectivity index (χ1v) is 10.5. The average molecular weight is 495 g/mol. The fourth-order valence-corrected chi connectivity index (χ4v) is 3.78. The van der Waals surface area contributed by atoms with E-state index in [2.05, 4.69) is 5.10 Å². The summed E-state index contributed by atoms with van der Waals surface area (Å²) in [7, 11) is 0. The van der Waals surface area contributed by atoms with Crippen molar-refractivity contribution in [3.63, 3.8) is 0 Å². The zero-order valence-electron chi connectivity index (χ0n) is 17.1. The fraction of sp³-hybridized carbons (Fsp3) is 0.125. The number of halogens is 6. The Labute approximate surface area is 197 Å². The molecule has 170 valence electrons. The number of para-hydroxylation sites is 1. The van der Waals surface area contributed by atoms with Gasteiger partial charge in [0.25, 0.3) is 0 Å². The van der Waals surface area contributed by atoms with Gasteiger partial charge in [-0.1, -0.05) is 53.5 Å². The van der Waals surface area contributed by atoms with E-state index in [1.807, 2.05) is 0 Å². The molecule has 3 aromatic carbocycles. The molecule has 0 aliphatic rings. The lowest BCUT2D eigenvalue weighted by atomic mass is 10.0. The second kappa shape index (κ2) is 9.08. The lowest BCUT2D eigenvalue weighted by Crippen LogP contribution is -2.09. The van der Waals surface area contributed by atoms with Crippen LogP contribution in [0.5, 0.6) is 5.75 Å². The number of alkyl halides is 3. The van der Waals surface area contributed by atoms with E-state index < -0.39 is 11.9 Å². The highest BCUT2D eigenvalue weighted by atomic mass is 35.5. The van der Waals surface area contributed by atoms with Crippen LogP contribution >= 0.6 is 23.2 Å². The van der Waals surface area contributed by atoms with Crippen molar-refractivity contribution in [3.05, 3.63) is 99.5 Å². The van der Waals surface area contributed by atoms with Gasteiger partial charge >= 0.3 is 6.18 Å². The molecule has 9 heteroatoms. The molecule has 3 nitrogen and oxygen atoms in total. The predicted octanol–water partition coefficient (Wildman–Crippen LogP) is 7.89. The Kier molecular flexibility index (Phi) is 6.36. The molecule has 0 saturated heterocycles. The van der Waals surface area contributed by atoms with Gasteiger partial charge in [-0.15, -0.1) is 0 Å². The van der Waals surface area contributed by atoms with Crippen molar-refractivity contribution in [2.75, 3.05) is 0 Å². The molecule has 0 fully saturated rings. The van der Waals surface area contributed by atoms with Crippen molar-refractivity contribution in [3.8, 4) is 22.6 Å². The van der Waals surface area contributed by atoms with E-state index in [1.54, 1.807) is 49.4 Å². The molecule has 33 heavy (non-hydrogen) atoms. The van der Waals surface area contributed by atoms with Gasteiger partial charge in [-0.05, 0) is 60.0 Å². The minimum Gasteiger partial charge on any atom is -0.487 e. The van der Waals surface area contributed by atoms with Crippen LogP contribution in [-0.2, 0) is 12.8 Å². The molecule has 0 unspecified atom stereocenters. The van der Waals surface area contributed by atoms with Crippen LogP contribution < -0.4 is 4.74 Å². The van der Waals surface area contributed by atoms with Gasteiger partial charge in [0.05, 0.1) is 15.7 Å². The Morgan fingerprint density at radius 3 is 2.15 bits per heavy atom. The molecule has 0 aliphatic carbocycles. The molecule has 0 N–H and O–H groups in total. The van der Waals surface area contributed by atoms with E-state index >= 15 is 0 Å². The van der Waals surface area contributed by atoms with Crippen LogP contribution in [0.4, 0.5) is 17.6 Å². The van der Waals surface area contributed by atoms with Crippen LogP contribution in [0.25, 0.3) is 16.8 Å². The normalized spacial score (nSPS) is 11.6. The molecular weight excluding hydrogens is 479 g/mol. The summed E-state index contributed by atoms with van der Waals surface area (Å²) >= 11 is 12.4. The number of nitrogens with zero attached hydrogens (tertiary/aromatic N) is 2. The van der Waals surface area contributed by atoms with Gasteiger partial charge < -0.3 is 4.74 Å². The topological polar surface area (TPSA) is 27.1 Å². The molecule has 1 aromatic heterocycles. The fourth-order valence-electron chi connectivity index (χ4n) is 3.22.